The number of carbonyl (C=O) groups is 2. The Balaban J connectivity index is 2.17. The normalized spacial score (nSPS) is 21.0. The fourth-order valence-electron chi connectivity index (χ4n) is 2.20. The minimum Gasteiger partial charge on any atom is -0.486 e. The molecule has 0 saturated heterocycles. The first-order valence-electron chi connectivity index (χ1n) is 7.36. The fourth-order valence-corrected chi connectivity index (χ4v) is 2.20. The summed E-state index contributed by atoms with van der Waals surface area (Å²) in [7, 11) is 0. The standard InChI is InChI=1S/C16H22N2O4/c1-5-11-13(18-15(20)22-16(2,3)4)14(19)17-10-8-6-7-9-12(10)21-11/h6-9,11,13H,5H2,1-4H3,(H,17,19)(H,18,20)/t11-,13+/m0/s1. The summed E-state index contributed by atoms with van der Waals surface area (Å²) in [6, 6.07) is 6.38. The fraction of sp³-hybridized carbons (Fsp3) is 0.500. The summed E-state index contributed by atoms with van der Waals surface area (Å²) in [5.41, 5.74) is -0.0315. The Morgan fingerprint density at radius 3 is 2.68 bits per heavy atom. The Morgan fingerprint density at radius 2 is 2.05 bits per heavy atom. The van der Waals surface area contributed by atoms with Crippen molar-refractivity contribution >= 4 is 17.7 Å². The highest BCUT2D eigenvalue weighted by molar-refractivity contribution is 5.98. The first-order valence-corrected chi connectivity index (χ1v) is 7.36. The molecule has 2 rings (SSSR count). The zero-order valence-electron chi connectivity index (χ0n) is 13.3. The third kappa shape index (κ3) is 3.90. The van der Waals surface area contributed by atoms with E-state index in [1.165, 1.54) is 0 Å². The van der Waals surface area contributed by atoms with Crippen LogP contribution in [0.1, 0.15) is 34.1 Å². The average Bonchev–Trinajstić information content (AvgIpc) is 2.54. The molecule has 1 aliphatic heterocycles. The van der Waals surface area contributed by atoms with Gasteiger partial charge in [-0.1, -0.05) is 19.1 Å². The van der Waals surface area contributed by atoms with Gasteiger partial charge in [0, 0.05) is 0 Å². The molecule has 2 atom stereocenters. The van der Waals surface area contributed by atoms with E-state index in [-0.39, 0.29) is 5.91 Å². The molecule has 0 radical (unpaired) electrons. The Hall–Kier alpha value is -2.24. The van der Waals surface area contributed by atoms with Gasteiger partial charge in [-0.25, -0.2) is 4.79 Å². The number of amides is 2. The lowest BCUT2D eigenvalue weighted by molar-refractivity contribution is -0.120. The van der Waals surface area contributed by atoms with Crippen LogP contribution in [0.4, 0.5) is 10.5 Å². The number of carbonyl (C=O) groups excluding carboxylic acids is 2. The molecule has 1 heterocycles. The molecule has 0 saturated carbocycles. The number of anilines is 1. The van der Waals surface area contributed by atoms with E-state index in [0.717, 1.165) is 0 Å². The number of alkyl carbamates (subject to hydrolysis) is 1. The zero-order chi connectivity index (χ0) is 16.3. The van der Waals surface area contributed by atoms with Crippen molar-refractivity contribution in [2.45, 2.75) is 51.9 Å². The Kier molecular flexibility index (Phi) is 4.59. The van der Waals surface area contributed by atoms with Crippen LogP contribution in [0, 0.1) is 0 Å². The smallest absolute Gasteiger partial charge is 0.408 e. The number of fused-ring (bicyclic) bond motifs is 1. The summed E-state index contributed by atoms with van der Waals surface area (Å²) < 4.78 is 11.1. The van der Waals surface area contributed by atoms with Gasteiger partial charge in [-0.2, -0.15) is 0 Å². The van der Waals surface area contributed by atoms with Crippen molar-refractivity contribution in [3.63, 3.8) is 0 Å². The minimum atomic E-state index is -0.813. The molecule has 2 amide bonds. The SMILES string of the molecule is CC[C@@H]1Oc2ccccc2NC(=O)[C@@H]1NC(=O)OC(C)(C)C. The number of benzene rings is 1. The highest BCUT2D eigenvalue weighted by Crippen LogP contribution is 2.29. The van der Waals surface area contributed by atoms with Crippen LogP contribution in [0.25, 0.3) is 0 Å². The summed E-state index contributed by atoms with van der Waals surface area (Å²) in [6.07, 6.45) is -0.529. The number of hydrogen-bond acceptors (Lipinski definition) is 4. The summed E-state index contributed by atoms with van der Waals surface area (Å²) in [5, 5.41) is 5.37. The van der Waals surface area contributed by atoms with Crippen molar-refractivity contribution in [3.8, 4) is 5.75 Å². The van der Waals surface area contributed by atoms with Crippen molar-refractivity contribution in [1.82, 2.24) is 5.32 Å². The molecule has 6 heteroatoms. The van der Waals surface area contributed by atoms with Crippen LogP contribution in [0.2, 0.25) is 0 Å². The van der Waals surface area contributed by atoms with Crippen LogP contribution in [0.3, 0.4) is 0 Å². The van der Waals surface area contributed by atoms with Gasteiger partial charge in [-0.05, 0) is 39.3 Å². The maximum Gasteiger partial charge on any atom is 0.408 e. The number of hydrogen-bond donors (Lipinski definition) is 2. The van der Waals surface area contributed by atoms with Crippen LogP contribution in [-0.2, 0) is 9.53 Å². The number of ether oxygens (including phenoxy) is 2. The highest BCUT2D eigenvalue weighted by Gasteiger charge is 2.35. The lowest BCUT2D eigenvalue weighted by Crippen LogP contribution is -2.52. The van der Waals surface area contributed by atoms with Gasteiger partial charge in [0.15, 0.2) is 0 Å². The monoisotopic (exact) mass is 306 g/mol. The van der Waals surface area contributed by atoms with Gasteiger partial charge >= 0.3 is 6.09 Å². The molecule has 1 aromatic carbocycles. The van der Waals surface area contributed by atoms with Gasteiger partial charge < -0.3 is 20.1 Å². The second-order valence-electron chi connectivity index (χ2n) is 6.17. The van der Waals surface area contributed by atoms with E-state index in [2.05, 4.69) is 10.6 Å². The van der Waals surface area contributed by atoms with E-state index >= 15 is 0 Å². The van der Waals surface area contributed by atoms with Crippen LogP contribution < -0.4 is 15.4 Å². The molecule has 1 aliphatic rings. The maximum absolute atomic E-state index is 12.4. The molecule has 0 spiro atoms. The second kappa shape index (κ2) is 6.25. The first-order chi connectivity index (χ1) is 10.3. The molecule has 0 aliphatic carbocycles. The summed E-state index contributed by atoms with van der Waals surface area (Å²) >= 11 is 0. The van der Waals surface area contributed by atoms with E-state index in [1.54, 1.807) is 32.9 Å². The predicted molar refractivity (Wildman–Crippen MR) is 82.9 cm³/mol. The topological polar surface area (TPSA) is 76.7 Å². The van der Waals surface area contributed by atoms with Crippen LogP contribution in [-0.4, -0.2) is 29.7 Å². The van der Waals surface area contributed by atoms with Crippen LogP contribution >= 0.6 is 0 Å². The van der Waals surface area contributed by atoms with Crippen molar-refractivity contribution < 1.29 is 19.1 Å². The molecule has 6 nitrogen and oxygen atoms in total. The Labute approximate surface area is 130 Å². The molecular weight excluding hydrogens is 284 g/mol. The minimum absolute atomic E-state index is 0.317. The van der Waals surface area contributed by atoms with Gasteiger partial charge in [-0.15, -0.1) is 0 Å². The highest BCUT2D eigenvalue weighted by atomic mass is 16.6. The third-order valence-corrected chi connectivity index (χ3v) is 3.15. The Morgan fingerprint density at radius 1 is 1.36 bits per heavy atom. The molecule has 0 fully saturated rings. The van der Waals surface area contributed by atoms with Gasteiger partial charge in [0.25, 0.3) is 5.91 Å². The molecule has 120 valence electrons. The zero-order valence-corrected chi connectivity index (χ0v) is 13.3. The number of rotatable bonds is 2. The van der Waals surface area contributed by atoms with Gasteiger partial charge in [-0.3, -0.25) is 4.79 Å². The van der Waals surface area contributed by atoms with Gasteiger partial charge in [0.2, 0.25) is 0 Å². The first kappa shape index (κ1) is 16.1. The quantitative estimate of drug-likeness (QED) is 0.880. The number of para-hydroxylation sites is 2. The van der Waals surface area contributed by atoms with Crippen molar-refractivity contribution in [2.24, 2.45) is 0 Å². The van der Waals surface area contributed by atoms with E-state index in [9.17, 15) is 9.59 Å². The van der Waals surface area contributed by atoms with Gasteiger partial charge in [0.1, 0.15) is 23.5 Å². The predicted octanol–water partition coefficient (Wildman–Crippen LogP) is 2.69. The van der Waals surface area contributed by atoms with Crippen molar-refractivity contribution in [2.75, 3.05) is 5.32 Å². The average molecular weight is 306 g/mol. The lowest BCUT2D eigenvalue weighted by Gasteiger charge is -2.26. The second-order valence-corrected chi connectivity index (χ2v) is 6.17. The molecule has 2 N–H and O–H groups in total. The Bertz CT molecular complexity index is 566. The van der Waals surface area contributed by atoms with Crippen LogP contribution in [0.5, 0.6) is 5.75 Å². The lowest BCUT2D eigenvalue weighted by atomic mass is 10.1. The van der Waals surface area contributed by atoms with E-state index in [4.69, 9.17) is 9.47 Å². The van der Waals surface area contributed by atoms with E-state index in [0.29, 0.717) is 17.9 Å². The van der Waals surface area contributed by atoms with Crippen molar-refractivity contribution in [1.29, 1.82) is 0 Å². The molecule has 22 heavy (non-hydrogen) atoms. The molecule has 0 unspecified atom stereocenters. The van der Waals surface area contributed by atoms with Gasteiger partial charge in [0.05, 0.1) is 5.69 Å². The number of nitrogens with one attached hydrogen (secondary N) is 2. The molecule has 0 aromatic heterocycles. The summed E-state index contributed by atoms with van der Waals surface area (Å²) in [6.45, 7) is 7.20. The molecule has 0 bridgehead atoms. The van der Waals surface area contributed by atoms with Crippen molar-refractivity contribution in [3.05, 3.63) is 24.3 Å². The molecular formula is C16H22N2O4. The summed E-state index contributed by atoms with van der Waals surface area (Å²) in [4.78, 5) is 24.3. The summed E-state index contributed by atoms with van der Waals surface area (Å²) in [5.74, 6) is 0.277. The van der Waals surface area contributed by atoms with E-state index in [1.807, 2.05) is 19.1 Å². The molecule has 1 aromatic rings. The van der Waals surface area contributed by atoms with Crippen LogP contribution in [0.15, 0.2) is 24.3 Å². The maximum atomic E-state index is 12.4. The largest absolute Gasteiger partial charge is 0.486 e. The van der Waals surface area contributed by atoms with E-state index < -0.39 is 23.8 Å². The third-order valence-electron chi connectivity index (χ3n) is 3.15.